The Morgan fingerprint density at radius 1 is 1.17 bits per heavy atom. The molecular formula is C26H24ClFN4O2S2. The van der Waals surface area contributed by atoms with Crippen LogP contribution >= 0.6 is 34.3 Å². The van der Waals surface area contributed by atoms with Gasteiger partial charge in [-0.2, -0.15) is 0 Å². The van der Waals surface area contributed by atoms with E-state index in [1.54, 1.807) is 35.7 Å². The summed E-state index contributed by atoms with van der Waals surface area (Å²) in [6, 6.07) is 15.6. The molecular weight excluding hydrogens is 519 g/mol. The fourth-order valence-corrected chi connectivity index (χ4v) is 5.81. The molecule has 1 N–H and O–H groups in total. The SMILES string of the molecule is CCN(C)C(=O)c1ccc(-c2ccc([C@@H](c3cccc(F)c3)[C@@H](C)C(=O)Nc3nncs3)s2)cc1Cl. The maximum atomic E-state index is 14.2. The van der Waals surface area contributed by atoms with E-state index in [4.69, 9.17) is 11.6 Å². The van der Waals surface area contributed by atoms with Crippen molar-refractivity contribution in [3.63, 3.8) is 0 Å². The van der Waals surface area contributed by atoms with Crippen molar-refractivity contribution in [2.45, 2.75) is 19.8 Å². The van der Waals surface area contributed by atoms with Crippen molar-refractivity contribution < 1.29 is 14.0 Å². The van der Waals surface area contributed by atoms with Crippen molar-refractivity contribution in [3.05, 3.63) is 87.0 Å². The minimum atomic E-state index is -0.518. The van der Waals surface area contributed by atoms with Gasteiger partial charge >= 0.3 is 0 Å². The standard InChI is InChI=1S/C26H24ClFN4O2S2/c1-4-32(3)25(34)19-9-8-16(13-20(19)27)21-10-11-22(36-21)23(17-6-5-7-18(28)12-17)15(2)24(33)30-26-31-29-14-35-26/h5-15,23H,4H2,1-3H3,(H,30,31,33)/t15-,23-/m1/s1. The molecule has 4 rings (SSSR count). The third kappa shape index (κ3) is 5.64. The number of hydrogen-bond donors (Lipinski definition) is 1. The molecule has 0 saturated heterocycles. The van der Waals surface area contributed by atoms with Gasteiger partial charge in [0, 0.05) is 35.2 Å². The highest BCUT2D eigenvalue weighted by Crippen LogP contribution is 2.40. The molecule has 0 bridgehead atoms. The molecule has 0 saturated carbocycles. The maximum absolute atomic E-state index is 14.2. The Bertz CT molecular complexity index is 1380. The summed E-state index contributed by atoms with van der Waals surface area (Å²) in [5.74, 6) is -1.64. The number of carbonyl (C=O) groups is 2. The van der Waals surface area contributed by atoms with E-state index in [1.165, 1.54) is 34.8 Å². The van der Waals surface area contributed by atoms with Crippen LogP contribution in [-0.2, 0) is 4.79 Å². The molecule has 4 aromatic rings. The van der Waals surface area contributed by atoms with E-state index < -0.39 is 5.92 Å². The van der Waals surface area contributed by atoms with Crippen LogP contribution in [0.4, 0.5) is 9.52 Å². The summed E-state index contributed by atoms with van der Waals surface area (Å²) in [7, 11) is 1.73. The number of aromatic nitrogens is 2. The normalized spacial score (nSPS) is 12.7. The van der Waals surface area contributed by atoms with Crippen LogP contribution in [0.5, 0.6) is 0 Å². The van der Waals surface area contributed by atoms with Crippen LogP contribution in [0, 0.1) is 11.7 Å². The smallest absolute Gasteiger partial charge is 0.255 e. The zero-order chi connectivity index (χ0) is 25.8. The zero-order valence-electron chi connectivity index (χ0n) is 19.9. The number of amides is 2. The van der Waals surface area contributed by atoms with Gasteiger partial charge in [0.1, 0.15) is 11.3 Å². The van der Waals surface area contributed by atoms with Gasteiger partial charge in [0.15, 0.2) is 0 Å². The van der Waals surface area contributed by atoms with Crippen molar-refractivity contribution in [3.8, 4) is 10.4 Å². The molecule has 2 heterocycles. The maximum Gasteiger partial charge on any atom is 0.255 e. The van der Waals surface area contributed by atoms with Crippen LogP contribution in [0.15, 0.2) is 60.1 Å². The molecule has 2 aromatic carbocycles. The zero-order valence-corrected chi connectivity index (χ0v) is 22.3. The second-order valence-electron chi connectivity index (χ2n) is 8.27. The van der Waals surface area contributed by atoms with E-state index in [9.17, 15) is 14.0 Å². The molecule has 0 aliphatic heterocycles. The Kier molecular flexibility index (Phi) is 8.13. The van der Waals surface area contributed by atoms with Gasteiger partial charge in [-0.15, -0.1) is 21.5 Å². The van der Waals surface area contributed by atoms with Crippen molar-refractivity contribution in [1.29, 1.82) is 0 Å². The van der Waals surface area contributed by atoms with E-state index >= 15 is 0 Å². The van der Waals surface area contributed by atoms with Crippen molar-refractivity contribution in [1.82, 2.24) is 15.1 Å². The summed E-state index contributed by atoms with van der Waals surface area (Å²) < 4.78 is 14.2. The Hall–Kier alpha value is -3.14. The number of anilines is 1. The molecule has 36 heavy (non-hydrogen) atoms. The number of nitrogens with zero attached hydrogens (tertiary/aromatic N) is 3. The molecule has 2 amide bonds. The van der Waals surface area contributed by atoms with Crippen molar-refractivity contribution in [2.75, 3.05) is 18.9 Å². The quantitative estimate of drug-likeness (QED) is 0.274. The molecule has 2 atom stereocenters. The van der Waals surface area contributed by atoms with Crippen LogP contribution in [0.1, 0.15) is 40.6 Å². The number of hydrogen-bond acceptors (Lipinski definition) is 6. The summed E-state index contributed by atoms with van der Waals surface area (Å²) >= 11 is 9.20. The van der Waals surface area contributed by atoms with Gasteiger partial charge in [0.2, 0.25) is 11.0 Å². The summed E-state index contributed by atoms with van der Waals surface area (Å²) in [6.45, 7) is 4.29. The minimum absolute atomic E-state index is 0.137. The summed E-state index contributed by atoms with van der Waals surface area (Å²) in [4.78, 5) is 29.0. The lowest BCUT2D eigenvalue weighted by molar-refractivity contribution is -0.119. The van der Waals surface area contributed by atoms with Crippen LogP contribution < -0.4 is 5.32 Å². The highest BCUT2D eigenvalue weighted by Gasteiger charge is 2.29. The first-order valence-electron chi connectivity index (χ1n) is 11.3. The van der Waals surface area contributed by atoms with Crippen LogP contribution in [-0.4, -0.2) is 40.5 Å². The Balaban J connectivity index is 1.66. The summed E-state index contributed by atoms with van der Waals surface area (Å²) in [5, 5.41) is 11.2. The highest BCUT2D eigenvalue weighted by molar-refractivity contribution is 7.15. The van der Waals surface area contributed by atoms with Crippen LogP contribution in [0.3, 0.4) is 0 Å². The predicted octanol–water partition coefficient (Wildman–Crippen LogP) is 6.56. The topological polar surface area (TPSA) is 75.2 Å². The molecule has 0 fully saturated rings. The van der Waals surface area contributed by atoms with Gasteiger partial charge in [0.25, 0.3) is 5.91 Å². The van der Waals surface area contributed by atoms with E-state index in [1.807, 2.05) is 38.1 Å². The number of benzene rings is 2. The number of halogens is 2. The Labute approximate surface area is 221 Å². The third-order valence-corrected chi connectivity index (χ3v) is 8.09. The van der Waals surface area contributed by atoms with Gasteiger partial charge < -0.3 is 10.2 Å². The second kappa shape index (κ2) is 11.3. The van der Waals surface area contributed by atoms with Gasteiger partial charge in [-0.05, 0) is 54.4 Å². The van der Waals surface area contributed by atoms with Crippen molar-refractivity contribution >= 4 is 51.2 Å². The van der Waals surface area contributed by atoms with Crippen molar-refractivity contribution in [2.24, 2.45) is 5.92 Å². The molecule has 0 aliphatic rings. The first-order valence-corrected chi connectivity index (χ1v) is 13.3. The van der Waals surface area contributed by atoms with E-state index in [2.05, 4.69) is 15.5 Å². The molecule has 0 radical (unpaired) electrons. The number of carbonyl (C=O) groups excluding carboxylic acids is 2. The van der Waals surface area contributed by atoms with E-state index in [0.717, 1.165) is 15.3 Å². The lowest BCUT2D eigenvalue weighted by Crippen LogP contribution is -2.26. The minimum Gasteiger partial charge on any atom is -0.342 e. The molecule has 10 heteroatoms. The fraction of sp³-hybridized carbons (Fsp3) is 0.231. The fourth-order valence-electron chi connectivity index (χ4n) is 3.86. The Morgan fingerprint density at radius 2 is 1.97 bits per heavy atom. The molecule has 6 nitrogen and oxygen atoms in total. The first kappa shape index (κ1) is 25.9. The molecule has 0 unspecified atom stereocenters. The van der Waals surface area contributed by atoms with Gasteiger partial charge in [-0.3, -0.25) is 9.59 Å². The number of rotatable bonds is 8. The van der Waals surface area contributed by atoms with Gasteiger partial charge in [-0.25, -0.2) is 4.39 Å². The monoisotopic (exact) mass is 542 g/mol. The largest absolute Gasteiger partial charge is 0.342 e. The number of thiophene rings is 1. The first-order chi connectivity index (χ1) is 17.3. The highest BCUT2D eigenvalue weighted by atomic mass is 35.5. The number of nitrogens with one attached hydrogen (secondary N) is 1. The van der Waals surface area contributed by atoms with E-state index in [-0.39, 0.29) is 23.5 Å². The lowest BCUT2D eigenvalue weighted by atomic mass is 9.85. The third-order valence-electron chi connectivity index (χ3n) is 5.95. The molecule has 0 aliphatic carbocycles. The lowest BCUT2D eigenvalue weighted by Gasteiger charge is -2.22. The Morgan fingerprint density at radius 3 is 2.64 bits per heavy atom. The average molecular weight is 543 g/mol. The summed E-state index contributed by atoms with van der Waals surface area (Å²) in [6.07, 6.45) is 0. The summed E-state index contributed by atoms with van der Waals surface area (Å²) in [5.41, 5.74) is 3.54. The van der Waals surface area contributed by atoms with Gasteiger partial charge in [0.05, 0.1) is 10.6 Å². The molecule has 186 valence electrons. The van der Waals surface area contributed by atoms with Crippen LogP contribution in [0.2, 0.25) is 5.02 Å². The molecule has 2 aromatic heterocycles. The van der Waals surface area contributed by atoms with Gasteiger partial charge in [-0.1, -0.05) is 48.1 Å². The predicted molar refractivity (Wildman–Crippen MR) is 143 cm³/mol. The molecule has 0 spiro atoms. The van der Waals surface area contributed by atoms with Crippen LogP contribution in [0.25, 0.3) is 10.4 Å². The second-order valence-corrected chi connectivity index (χ2v) is 10.6. The van der Waals surface area contributed by atoms with E-state index in [0.29, 0.717) is 27.8 Å². The average Bonchev–Trinajstić information content (AvgIpc) is 3.56.